The van der Waals surface area contributed by atoms with Gasteiger partial charge >= 0.3 is 0 Å². The number of amides is 3. The van der Waals surface area contributed by atoms with Gasteiger partial charge in [0, 0.05) is 11.8 Å². The maximum atomic E-state index is 12.4. The van der Waals surface area contributed by atoms with Gasteiger partial charge < -0.3 is 10.2 Å². The van der Waals surface area contributed by atoms with Crippen LogP contribution in [0, 0.1) is 6.92 Å². The summed E-state index contributed by atoms with van der Waals surface area (Å²) in [6.45, 7) is 4.05. The standard InChI is InChI=1S/C22H25N3O3/c1-14-3-2-4-17-16(15-9-11-23-12-10-15)5-6-18(21(14)17)25(13-26)19-7-8-20(27)24-22(19)28/h2-6,13,15,19,23H,7-12H2,1H3,(H,24,27,28). The first-order valence-electron chi connectivity index (χ1n) is 9.90. The highest BCUT2D eigenvalue weighted by Gasteiger charge is 2.33. The lowest BCUT2D eigenvalue weighted by molar-refractivity contribution is -0.134. The number of carbonyl (C=O) groups is 3. The first-order chi connectivity index (χ1) is 13.6. The number of aryl methyl sites for hydroxylation is 1. The van der Waals surface area contributed by atoms with E-state index >= 15 is 0 Å². The lowest BCUT2D eigenvalue weighted by Gasteiger charge is -2.32. The van der Waals surface area contributed by atoms with Crippen molar-refractivity contribution in [1.82, 2.24) is 10.6 Å². The molecule has 6 nitrogen and oxygen atoms in total. The second kappa shape index (κ2) is 7.72. The van der Waals surface area contributed by atoms with Crippen LogP contribution in [0.25, 0.3) is 10.8 Å². The number of nitrogens with zero attached hydrogens (tertiary/aromatic N) is 1. The minimum Gasteiger partial charge on any atom is -0.317 e. The molecule has 2 aliphatic heterocycles. The van der Waals surface area contributed by atoms with Crippen molar-refractivity contribution in [3.63, 3.8) is 0 Å². The second-order valence-corrected chi connectivity index (χ2v) is 7.68. The summed E-state index contributed by atoms with van der Waals surface area (Å²) in [5.41, 5.74) is 3.11. The van der Waals surface area contributed by atoms with E-state index in [1.54, 1.807) is 0 Å². The summed E-state index contributed by atoms with van der Waals surface area (Å²) >= 11 is 0. The van der Waals surface area contributed by atoms with Gasteiger partial charge in [0.15, 0.2) is 0 Å². The molecule has 2 fully saturated rings. The maximum absolute atomic E-state index is 12.4. The van der Waals surface area contributed by atoms with E-state index in [0.717, 1.165) is 48.0 Å². The van der Waals surface area contributed by atoms with Crippen molar-refractivity contribution in [2.24, 2.45) is 0 Å². The van der Waals surface area contributed by atoms with Crippen molar-refractivity contribution >= 4 is 34.7 Å². The van der Waals surface area contributed by atoms with Gasteiger partial charge in [0.25, 0.3) is 0 Å². The summed E-state index contributed by atoms with van der Waals surface area (Å²) in [5, 5.41) is 7.91. The van der Waals surface area contributed by atoms with Gasteiger partial charge in [0.2, 0.25) is 18.2 Å². The molecule has 2 aliphatic rings. The molecule has 1 unspecified atom stereocenters. The van der Waals surface area contributed by atoms with Crippen LogP contribution in [-0.2, 0) is 14.4 Å². The third kappa shape index (κ3) is 3.29. The molecule has 6 heteroatoms. The van der Waals surface area contributed by atoms with Gasteiger partial charge in [0.05, 0.1) is 5.69 Å². The third-order valence-electron chi connectivity index (χ3n) is 5.98. The highest BCUT2D eigenvalue weighted by atomic mass is 16.2. The summed E-state index contributed by atoms with van der Waals surface area (Å²) in [5.74, 6) is -0.207. The number of carbonyl (C=O) groups excluding carboxylic acids is 3. The Bertz CT molecular complexity index is 934. The van der Waals surface area contributed by atoms with Gasteiger partial charge in [-0.05, 0) is 67.8 Å². The van der Waals surface area contributed by atoms with E-state index in [4.69, 9.17) is 0 Å². The molecule has 2 aromatic rings. The number of imide groups is 1. The summed E-state index contributed by atoms with van der Waals surface area (Å²) in [6, 6.07) is 9.59. The van der Waals surface area contributed by atoms with E-state index in [2.05, 4.69) is 22.8 Å². The molecule has 146 valence electrons. The van der Waals surface area contributed by atoms with Crippen LogP contribution < -0.4 is 15.5 Å². The quantitative estimate of drug-likeness (QED) is 0.632. The zero-order chi connectivity index (χ0) is 19.7. The van der Waals surface area contributed by atoms with Crippen molar-refractivity contribution in [3.8, 4) is 0 Å². The number of fused-ring (bicyclic) bond motifs is 1. The third-order valence-corrected chi connectivity index (χ3v) is 5.98. The maximum Gasteiger partial charge on any atom is 0.249 e. The molecule has 0 aliphatic carbocycles. The highest BCUT2D eigenvalue weighted by Crippen LogP contribution is 2.38. The fraction of sp³-hybridized carbons (Fsp3) is 0.409. The Kier molecular flexibility index (Phi) is 5.13. The van der Waals surface area contributed by atoms with Crippen LogP contribution in [-0.4, -0.2) is 37.4 Å². The Balaban J connectivity index is 1.81. The second-order valence-electron chi connectivity index (χ2n) is 7.68. The number of nitrogens with one attached hydrogen (secondary N) is 2. The van der Waals surface area contributed by atoms with Crippen molar-refractivity contribution < 1.29 is 14.4 Å². The van der Waals surface area contributed by atoms with Crippen LogP contribution in [0.15, 0.2) is 30.3 Å². The number of hydrogen-bond acceptors (Lipinski definition) is 4. The van der Waals surface area contributed by atoms with E-state index in [-0.39, 0.29) is 12.3 Å². The molecule has 2 saturated heterocycles. The van der Waals surface area contributed by atoms with E-state index in [9.17, 15) is 14.4 Å². The predicted molar refractivity (Wildman–Crippen MR) is 108 cm³/mol. The number of benzene rings is 2. The lowest BCUT2D eigenvalue weighted by atomic mass is 9.85. The summed E-state index contributed by atoms with van der Waals surface area (Å²) < 4.78 is 0. The Morgan fingerprint density at radius 3 is 2.57 bits per heavy atom. The molecule has 2 N–H and O–H groups in total. The Labute approximate surface area is 164 Å². The minimum atomic E-state index is -0.664. The summed E-state index contributed by atoms with van der Waals surface area (Å²) in [7, 11) is 0. The number of hydrogen-bond donors (Lipinski definition) is 2. The van der Waals surface area contributed by atoms with Crippen LogP contribution in [0.5, 0.6) is 0 Å². The van der Waals surface area contributed by atoms with E-state index < -0.39 is 11.9 Å². The molecule has 4 rings (SSSR count). The molecule has 28 heavy (non-hydrogen) atoms. The van der Waals surface area contributed by atoms with Gasteiger partial charge in [-0.15, -0.1) is 0 Å². The molecule has 0 aromatic heterocycles. The number of piperidine rings is 2. The van der Waals surface area contributed by atoms with E-state index in [0.29, 0.717) is 18.7 Å². The van der Waals surface area contributed by atoms with Crippen molar-refractivity contribution in [1.29, 1.82) is 0 Å². The summed E-state index contributed by atoms with van der Waals surface area (Å²) in [4.78, 5) is 37.4. The zero-order valence-corrected chi connectivity index (χ0v) is 16.0. The summed E-state index contributed by atoms with van der Waals surface area (Å²) in [6.07, 6.45) is 3.48. The molecule has 2 aromatic carbocycles. The van der Waals surface area contributed by atoms with Crippen LogP contribution in [0.1, 0.15) is 42.7 Å². The normalized spacial score (nSPS) is 20.8. The Morgan fingerprint density at radius 1 is 1.07 bits per heavy atom. The molecule has 0 spiro atoms. The van der Waals surface area contributed by atoms with E-state index in [1.165, 1.54) is 10.5 Å². The first kappa shape index (κ1) is 18.6. The molecular formula is C22H25N3O3. The average Bonchev–Trinajstić information content (AvgIpc) is 2.71. The van der Waals surface area contributed by atoms with Crippen molar-refractivity contribution in [2.75, 3.05) is 18.0 Å². The average molecular weight is 379 g/mol. The molecular weight excluding hydrogens is 354 g/mol. The molecule has 3 amide bonds. The van der Waals surface area contributed by atoms with Crippen LogP contribution >= 0.6 is 0 Å². The SMILES string of the molecule is Cc1cccc2c(C3CCNCC3)ccc(N(C=O)C3CCC(=O)NC3=O)c12. The Hall–Kier alpha value is -2.73. The zero-order valence-electron chi connectivity index (χ0n) is 16.0. The molecule has 0 radical (unpaired) electrons. The topological polar surface area (TPSA) is 78.5 Å². The smallest absolute Gasteiger partial charge is 0.249 e. The van der Waals surface area contributed by atoms with Crippen LogP contribution in [0.4, 0.5) is 5.69 Å². The lowest BCUT2D eigenvalue weighted by Crippen LogP contribution is -2.52. The van der Waals surface area contributed by atoms with Crippen molar-refractivity contribution in [3.05, 3.63) is 41.5 Å². The fourth-order valence-electron chi connectivity index (χ4n) is 4.54. The predicted octanol–water partition coefficient (Wildman–Crippen LogP) is 2.38. The largest absolute Gasteiger partial charge is 0.317 e. The van der Waals surface area contributed by atoms with Crippen LogP contribution in [0.2, 0.25) is 0 Å². The molecule has 0 saturated carbocycles. The van der Waals surface area contributed by atoms with Crippen molar-refractivity contribution in [2.45, 2.75) is 44.6 Å². The van der Waals surface area contributed by atoms with Gasteiger partial charge in [0.1, 0.15) is 6.04 Å². The number of rotatable bonds is 4. The highest BCUT2D eigenvalue weighted by molar-refractivity contribution is 6.08. The fourth-order valence-corrected chi connectivity index (χ4v) is 4.54. The molecule has 0 bridgehead atoms. The molecule has 1 atom stereocenters. The monoisotopic (exact) mass is 379 g/mol. The molecule has 2 heterocycles. The number of anilines is 1. The van der Waals surface area contributed by atoms with Gasteiger partial charge in [-0.3, -0.25) is 19.7 Å². The first-order valence-corrected chi connectivity index (χ1v) is 9.90. The minimum absolute atomic E-state index is 0.241. The van der Waals surface area contributed by atoms with Crippen LogP contribution in [0.3, 0.4) is 0 Å². The van der Waals surface area contributed by atoms with E-state index in [1.807, 2.05) is 25.1 Å². The van der Waals surface area contributed by atoms with Gasteiger partial charge in [-0.2, -0.15) is 0 Å². The Morgan fingerprint density at radius 2 is 1.86 bits per heavy atom. The van der Waals surface area contributed by atoms with Gasteiger partial charge in [-0.25, -0.2) is 0 Å². The van der Waals surface area contributed by atoms with Gasteiger partial charge in [-0.1, -0.05) is 24.3 Å².